The summed E-state index contributed by atoms with van der Waals surface area (Å²) in [6.07, 6.45) is 19.5. The van der Waals surface area contributed by atoms with Gasteiger partial charge in [-0.25, -0.2) is 0 Å². The Morgan fingerprint density at radius 3 is 1.53 bits per heavy atom. The summed E-state index contributed by atoms with van der Waals surface area (Å²) in [7, 11) is 0. The van der Waals surface area contributed by atoms with Crippen LogP contribution >= 0.6 is 0 Å². The Kier molecular flexibility index (Phi) is 4.88. The van der Waals surface area contributed by atoms with Crippen LogP contribution in [-0.4, -0.2) is 0 Å². The van der Waals surface area contributed by atoms with Gasteiger partial charge in [0.25, 0.3) is 0 Å². The Balaban J connectivity index is 2.33. The number of rotatable bonds is 6. The maximum atomic E-state index is 2.54. The summed E-state index contributed by atoms with van der Waals surface area (Å²) in [6.45, 7) is 9.42. The SMILES string of the molecule is CCC1=CC=C[C]1(CC)[Zr][C]1(CC)C=CC=C1CC. The van der Waals surface area contributed by atoms with Crippen molar-refractivity contribution < 1.29 is 23.2 Å². The van der Waals surface area contributed by atoms with Gasteiger partial charge >= 0.3 is 130 Å². The van der Waals surface area contributed by atoms with Crippen molar-refractivity contribution in [2.75, 3.05) is 0 Å². The van der Waals surface area contributed by atoms with Gasteiger partial charge in [0.2, 0.25) is 0 Å². The van der Waals surface area contributed by atoms with Crippen molar-refractivity contribution in [3.63, 3.8) is 0 Å². The Morgan fingerprint density at radius 1 is 0.789 bits per heavy atom. The zero-order valence-corrected chi connectivity index (χ0v) is 15.3. The fraction of sp³-hybridized carbons (Fsp3) is 0.556. The van der Waals surface area contributed by atoms with Crippen LogP contribution in [-0.2, 0) is 23.2 Å². The van der Waals surface area contributed by atoms with E-state index in [1.165, 1.54) is 25.7 Å². The van der Waals surface area contributed by atoms with Gasteiger partial charge in [0.05, 0.1) is 0 Å². The van der Waals surface area contributed by atoms with E-state index in [1.807, 2.05) is 0 Å². The number of hydrogen-bond donors (Lipinski definition) is 0. The summed E-state index contributed by atoms with van der Waals surface area (Å²) in [5.41, 5.74) is 3.40. The molecule has 0 heterocycles. The molecule has 0 saturated carbocycles. The van der Waals surface area contributed by atoms with Gasteiger partial charge in [-0.1, -0.05) is 0 Å². The summed E-state index contributed by atoms with van der Waals surface area (Å²) >= 11 is -0.618. The van der Waals surface area contributed by atoms with Crippen LogP contribution in [0.1, 0.15) is 53.4 Å². The molecule has 0 N–H and O–H groups in total. The average molecular weight is 334 g/mol. The van der Waals surface area contributed by atoms with E-state index in [2.05, 4.69) is 64.2 Å². The zero-order chi connectivity index (χ0) is 13.9. The van der Waals surface area contributed by atoms with E-state index < -0.39 is 23.2 Å². The van der Waals surface area contributed by atoms with Crippen molar-refractivity contribution in [1.29, 1.82) is 0 Å². The van der Waals surface area contributed by atoms with Crippen LogP contribution in [0.2, 0.25) is 6.25 Å². The Labute approximate surface area is 130 Å². The van der Waals surface area contributed by atoms with Crippen LogP contribution in [0.4, 0.5) is 0 Å². The fourth-order valence-electron chi connectivity index (χ4n) is 3.54. The summed E-state index contributed by atoms with van der Waals surface area (Å²) in [5.74, 6) is 0. The van der Waals surface area contributed by atoms with Crippen LogP contribution in [0, 0.1) is 0 Å². The van der Waals surface area contributed by atoms with Gasteiger partial charge in [0.15, 0.2) is 0 Å². The number of allylic oxidation sites excluding steroid dienone is 8. The van der Waals surface area contributed by atoms with Crippen LogP contribution in [0.5, 0.6) is 0 Å². The van der Waals surface area contributed by atoms with Crippen molar-refractivity contribution in [3.05, 3.63) is 47.6 Å². The van der Waals surface area contributed by atoms with Gasteiger partial charge in [-0.05, 0) is 0 Å². The van der Waals surface area contributed by atoms with E-state index >= 15 is 0 Å². The maximum absolute atomic E-state index is 2.54. The molecule has 2 aliphatic rings. The topological polar surface area (TPSA) is 0 Å². The molecule has 0 nitrogen and oxygen atoms in total. The molecule has 0 saturated heterocycles. The van der Waals surface area contributed by atoms with Gasteiger partial charge in [-0.15, -0.1) is 0 Å². The standard InChI is InChI=1S/2C9H13.Zr/c2*1-3-8-6-5-7-9(8)4-2;/h2*5-7H,3-4H2,1-2H3;. The predicted octanol–water partition coefficient (Wildman–Crippen LogP) is 6.02. The molecule has 0 spiro atoms. The van der Waals surface area contributed by atoms with Gasteiger partial charge in [-0.2, -0.15) is 0 Å². The number of hydrogen-bond acceptors (Lipinski definition) is 0. The predicted molar refractivity (Wildman–Crippen MR) is 81.0 cm³/mol. The van der Waals surface area contributed by atoms with Crippen LogP contribution in [0.3, 0.4) is 0 Å². The van der Waals surface area contributed by atoms with Gasteiger partial charge in [0.1, 0.15) is 0 Å². The third-order valence-corrected chi connectivity index (χ3v) is 11.2. The second-order valence-corrected chi connectivity index (χ2v) is 10.6. The molecule has 0 radical (unpaired) electrons. The minimum absolute atomic E-state index is 0.469. The molecule has 0 aliphatic heterocycles. The molecule has 0 amide bonds. The van der Waals surface area contributed by atoms with Crippen molar-refractivity contribution in [1.82, 2.24) is 0 Å². The molecule has 0 aromatic rings. The van der Waals surface area contributed by atoms with Gasteiger partial charge in [-0.3, -0.25) is 0 Å². The molecule has 0 fully saturated rings. The van der Waals surface area contributed by atoms with E-state index in [9.17, 15) is 0 Å². The van der Waals surface area contributed by atoms with Crippen molar-refractivity contribution in [3.8, 4) is 0 Å². The molecule has 0 aromatic carbocycles. The summed E-state index contributed by atoms with van der Waals surface area (Å²) in [4.78, 5) is 0. The van der Waals surface area contributed by atoms with Crippen molar-refractivity contribution in [2.45, 2.75) is 59.6 Å². The zero-order valence-electron chi connectivity index (χ0n) is 12.8. The summed E-state index contributed by atoms with van der Waals surface area (Å²) in [5, 5.41) is 0. The molecular formula is C18H26Zr. The Morgan fingerprint density at radius 2 is 1.21 bits per heavy atom. The molecule has 19 heavy (non-hydrogen) atoms. The summed E-state index contributed by atoms with van der Waals surface area (Å²) < 4.78 is 0.939. The molecule has 102 valence electrons. The van der Waals surface area contributed by atoms with Crippen molar-refractivity contribution >= 4 is 0 Å². The first kappa shape index (κ1) is 15.2. The second-order valence-electron chi connectivity index (χ2n) is 5.58. The first-order chi connectivity index (χ1) is 9.16. The van der Waals surface area contributed by atoms with E-state index in [-0.39, 0.29) is 0 Å². The van der Waals surface area contributed by atoms with Crippen molar-refractivity contribution in [2.24, 2.45) is 0 Å². The van der Waals surface area contributed by atoms with E-state index in [0.717, 1.165) is 0 Å². The van der Waals surface area contributed by atoms with Crippen LogP contribution in [0.15, 0.2) is 47.6 Å². The second kappa shape index (κ2) is 6.08. The Hall–Kier alpha value is -0.157. The Bertz CT molecular complexity index is 410. The first-order valence-electron chi connectivity index (χ1n) is 7.73. The molecule has 0 bridgehead atoms. The van der Waals surface area contributed by atoms with E-state index in [4.69, 9.17) is 0 Å². The molecule has 2 atom stereocenters. The molecular weight excluding hydrogens is 307 g/mol. The summed E-state index contributed by atoms with van der Waals surface area (Å²) in [6, 6.07) is 0. The van der Waals surface area contributed by atoms with Crippen LogP contribution in [0.25, 0.3) is 0 Å². The van der Waals surface area contributed by atoms with E-state index in [1.54, 1.807) is 11.1 Å². The minimum atomic E-state index is -0.618. The van der Waals surface area contributed by atoms with Gasteiger partial charge < -0.3 is 0 Å². The average Bonchev–Trinajstić information content (AvgIpc) is 3.03. The third-order valence-electron chi connectivity index (χ3n) is 4.83. The molecule has 2 unspecified atom stereocenters. The molecule has 1 heteroatoms. The molecule has 2 rings (SSSR count). The molecule has 0 aromatic heterocycles. The normalized spacial score (nSPS) is 32.6. The van der Waals surface area contributed by atoms with Gasteiger partial charge in [0, 0.05) is 0 Å². The molecule has 2 aliphatic carbocycles. The first-order valence-corrected chi connectivity index (χ1v) is 10.2. The quantitative estimate of drug-likeness (QED) is 0.557. The third kappa shape index (κ3) is 2.56. The monoisotopic (exact) mass is 332 g/mol. The fourth-order valence-corrected chi connectivity index (χ4v) is 9.32. The van der Waals surface area contributed by atoms with E-state index in [0.29, 0.717) is 6.25 Å². The van der Waals surface area contributed by atoms with Crippen LogP contribution < -0.4 is 0 Å².